The van der Waals surface area contributed by atoms with Crippen LogP contribution in [-0.4, -0.2) is 45.9 Å². The first kappa shape index (κ1) is 17.6. The Labute approximate surface area is 150 Å². The van der Waals surface area contributed by atoms with Crippen LogP contribution in [0.15, 0.2) is 36.9 Å². The molecule has 0 bridgehead atoms. The lowest BCUT2D eigenvalue weighted by Gasteiger charge is -2.33. The van der Waals surface area contributed by atoms with Crippen molar-refractivity contribution in [2.45, 2.75) is 18.9 Å². The highest BCUT2D eigenvalue weighted by Gasteiger charge is 2.26. The summed E-state index contributed by atoms with van der Waals surface area (Å²) in [6.07, 6.45) is 7.62. The van der Waals surface area contributed by atoms with Gasteiger partial charge >= 0.3 is 5.97 Å². The fraction of sp³-hybridized carbons (Fsp3) is 0.353. The summed E-state index contributed by atoms with van der Waals surface area (Å²) in [5, 5.41) is 15.7. The van der Waals surface area contributed by atoms with Crippen LogP contribution in [-0.2, 0) is 9.53 Å². The van der Waals surface area contributed by atoms with Gasteiger partial charge in [0.2, 0.25) is 0 Å². The molecule has 1 aromatic carbocycles. The third-order valence-corrected chi connectivity index (χ3v) is 4.43. The number of anilines is 1. The summed E-state index contributed by atoms with van der Waals surface area (Å²) in [4.78, 5) is 28.3. The number of methoxy groups -OCH3 is 1. The molecule has 136 valence electrons. The lowest BCUT2D eigenvalue weighted by atomic mass is 10.0. The van der Waals surface area contributed by atoms with E-state index in [2.05, 4.69) is 14.8 Å². The molecule has 0 amide bonds. The molecule has 0 aliphatic carbocycles. The summed E-state index contributed by atoms with van der Waals surface area (Å²) in [5.41, 5.74) is 1.18. The zero-order valence-corrected chi connectivity index (χ0v) is 14.3. The molecule has 9 heteroatoms. The molecule has 2 heterocycles. The molecular formula is C17H19N5O4. The highest BCUT2D eigenvalue weighted by molar-refractivity contribution is 5.87. The van der Waals surface area contributed by atoms with E-state index in [1.165, 1.54) is 31.7 Å². The van der Waals surface area contributed by atoms with E-state index in [4.69, 9.17) is 0 Å². The van der Waals surface area contributed by atoms with Gasteiger partial charge in [-0.2, -0.15) is 5.10 Å². The fourth-order valence-corrected chi connectivity index (χ4v) is 3.07. The van der Waals surface area contributed by atoms with Crippen LogP contribution in [0.1, 0.15) is 24.4 Å². The van der Waals surface area contributed by atoms with Crippen LogP contribution in [0, 0.1) is 10.1 Å². The van der Waals surface area contributed by atoms with Crippen LogP contribution in [0.4, 0.5) is 11.4 Å². The molecule has 0 saturated carbocycles. The Hall–Kier alpha value is -3.23. The Kier molecular flexibility index (Phi) is 5.26. The summed E-state index contributed by atoms with van der Waals surface area (Å²) in [6.45, 7) is 1.39. The van der Waals surface area contributed by atoms with Crippen LogP contribution in [0.25, 0.3) is 6.08 Å². The number of nitrogens with zero attached hydrogens (tertiary/aromatic N) is 5. The molecule has 1 aliphatic heterocycles. The second-order valence-electron chi connectivity index (χ2n) is 5.96. The van der Waals surface area contributed by atoms with Crippen molar-refractivity contribution in [1.82, 2.24) is 14.8 Å². The largest absolute Gasteiger partial charge is 0.466 e. The minimum Gasteiger partial charge on any atom is -0.466 e. The third-order valence-electron chi connectivity index (χ3n) is 4.43. The lowest BCUT2D eigenvalue weighted by Crippen LogP contribution is -2.35. The molecule has 26 heavy (non-hydrogen) atoms. The van der Waals surface area contributed by atoms with Crippen molar-refractivity contribution < 1.29 is 14.5 Å². The smallest absolute Gasteiger partial charge is 0.330 e. The van der Waals surface area contributed by atoms with Gasteiger partial charge in [0, 0.05) is 25.2 Å². The van der Waals surface area contributed by atoms with Gasteiger partial charge in [-0.1, -0.05) is 6.07 Å². The number of carbonyl (C=O) groups is 1. The fourth-order valence-electron chi connectivity index (χ4n) is 3.07. The maximum absolute atomic E-state index is 11.5. The lowest BCUT2D eigenvalue weighted by molar-refractivity contribution is -0.384. The SMILES string of the molecule is COC(=O)/C=C/c1ccc(N2CCC(n3cncn3)CC2)c([N+](=O)[O-])c1. The highest BCUT2D eigenvalue weighted by atomic mass is 16.6. The Morgan fingerprint density at radius 2 is 2.15 bits per heavy atom. The summed E-state index contributed by atoms with van der Waals surface area (Å²) >= 11 is 0. The van der Waals surface area contributed by atoms with Gasteiger partial charge in [-0.25, -0.2) is 14.5 Å². The molecule has 1 saturated heterocycles. The zero-order valence-electron chi connectivity index (χ0n) is 14.3. The second kappa shape index (κ2) is 7.77. The van der Waals surface area contributed by atoms with Crippen LogP contribution < -0.4 is 4.90 Å². The van der Waals surface area contributed by atoms with Gasteiger partial charge in [0.1, 0.15) is 18.3 Å². The number of nitro groups is 1. The zero-order chi connectivity index (χ0) is 18.5. The molecule has 1 fully saturated rings. The third kappa shape index (κ3) is 3.88. The first-order valence-corrected chi connectivity index (χ1v) is 8.22. The molecular weight excluding hydrogens is 338 g/mol. The molecule has 2 aromatic rings. The van der Waals surface area contributed by atoms with Gasteiger partial charge in [0.05, 0.1) is 18.1 Å². The van der Waals surface area contributed by atoms with Gasteiger partial charge in [-0.05, 0) is 30.5 Å². The van der Waals surface area contributed by atoms with E-state index in [0.29, 0.717) is 24.3 Å². The van der Waals surface area contributed by atoms with Crippen molar-refractivity contribution in [3.8, 4) is 0 Å². The summed E-state index contributed by atoms with van der Waals surface area (Å²) in [6, 6.07) is 5.21. The maximum Gasteiger partial charge on any atom is 0.330 e. The van der Waals surface area contributed by atoms with Crippen LogP contribution >= 0.6 is 0 Å². The van der Waals surface area contributed by atoms with Crippen LogP contribution in [0.5, 0.6) is 0 Å². The normalized spacial score (nSPS) is 15.3. The standard InChI is InChI=1S/C17H19N5O4/c1-26-17(23)5-3-13-2-4-15(16(10-13)22(24)25)20-8-6-14(7-9-20)21-12-18-11-19-21/h2-5,10-12,14H,6-9H2,1H3/b5-3+. The predicted octanol–water partition coefficient (Wildman–Crippen LogP) is 2.21. The molecule has 0 unspecified atom stereocenters. The summed E-state index contributed by atoms with van der Waals surface area (Å²) < 4.78 is 6.37. The number of esters is 1. The number of carbonyl (C=O) groups excluding carboxylic acids is 1. The Balaban J connectivity index is 1.76. The van der Waals surface area contributed by atoms with E-state index in [9.17, 15) is 14.9 Å². The van der Waals surface area contributed by atoms with E-state index >= 15 is 0 Å². The van der Waals surface area contributed by atoms with Gasteiger partial charge < -0.3 is 9.64 Å². The number of benzene rings is 1. The van der Waals surface area contributed by atoms with E-state index in [0.717, 1.165) is 12.8 Å². The molecule has 1 aliphatic rings. The molecule has 3 rings (SSSR count). The summed E-state index contributed by atoms with van der Waals surface area (Å²) in [5.74, 6) is -0.507. The van der Waals surface area contributed by atoms with Crippen molar-refractivity contribution >= 4 is 23.4 Å². The molecule has 0 atom stereocenters. The molecule has 0 radical (unpaired) electrons. The van der Waals surface area contributed by atoms with Crippen molar-refractivity contribution in [1.29, 1.82) is 0 Å². The van der Waals surface area contributed by atoms with Gasteiger partial charge in [-0.3, -0.25) is 10.1 Å². The molecule has 9 nitrogen and oxygen atoms in total. The molecule has 0 spiro atoms. The van der Waals surface area contributed by atoms with Gasteiger partial charge in [-0.15, -0.1) is 0 Å². The number of aromatic nitrogens is 3. The Morgan fingerprint density at radius 1 is 1.38 bits per heavy atom. The first-order valence-electron chi connectivity index (χ1n) is 8.22. The Bertz CT molecular complexity index is 811. The van der Waals surface area contributed by atoms with E-state index < -0.39 is 10.9 Å². The number of hydrogen-bond donors (Lipinski definition) is 0. The average Bonchev–Trinajstić information content (AvgIpc) is 3.20. The monoisotopic (exact) mass is 357 g/mol. The predicted molar refractivity (Wildman–Crippen MR) is 94.7 cm³/mol. The first-order chi connectivity index (χ1) is 12.6. The van der Waals surface area contributed by atoms with Gasteiger partial charge in [0.25, 0.3) is 5.69 Å². The van der Waals surface area contributed by atoms with E-state index in [1.54, 1.807) is 18.5 Å². The van der Waals surface area contributed by atoms with Crippen molar-refractivity contribution in [2.24, 2.45) is 0 Å². The topological polar surface area (TPSA) is 103 Å². The minimum atomic E-state index is -0.507. The van der Waals surface area contributed by atoms with E-state index in [1.807, 2.05) is 9.58 Å². The Morgan fingerprint density at radius 3 is 2.77 bits per heavy atom. The number of nitro benzene ring substituents is 1. The number of hydrogen-bond acceptors (Lipinski definition) is 7. The van der Waals surface area contributed by atoms with E-state index in [-0.39, 0.29) is 11.7 Å². The van der Waals surface area contributed by atoms with Gasteiger partial charge in [0.15, 0.2) is 0 Å². The van der Waals surface area contributed by atoms with Crippen LogP contribution in [0.3, 0.4) is 0 Å². The van der Waals surface area contributed by atoms with Crippen molar-refractivity contribution in [3.63, 3.8) is 0 Å². The van der Waals surface area contributed by atoms with Crippen LogP contribution in [0.2, 0.25) is 0 Å². The summed E-state index contributed by atoms with van der Waals surface area (Å²) in [7, 11) is 1.28. The number of piperidine rings is 1. The maximum atomic E-state index is 11.5. The second-order valence-corrected chi connectivity index (χ2v) is 5.96. The van der Waals surface area contributed by atoms with Crippen molar-refractivity contribution in [3.05, 3.63) is 52.6 Å². The minimum absolute atomic E-state index is 0.0243. The quantitative estimate of drug-likeness (QED) is 0.350. The highest BCUT2D eigenvalue weighted by Crippen LogP contribution is 2.33. The molecule has 0 N–H and O–H groups in total. The number of rotatable bonds is 5. The van der Waals surface area contributed by atoms with Crippen molar-refractivity contribution in [2.75, 3.05) is 25.1 Å². The average molecular weight is 357 g/mol. The molecule has 1 aromatic heterocycles. The number of ether oxygens (including phenoxy) is 1.